The molecule has 0 unspecified atom stereocenters. The zero-order valence-corrected chi connectivity index (χ0v) is 13.8. The largest absolute Gasteiger partial charge is 0.339 e. The van der Waals surface area contributed by atoms with E-state index in [0.717, 1.165) is 0 Å². The third-order valence-electron chi connectivity index (χ3n) is 3.37. The molecular weight excluding hydrogens is 257 g/mol. The summed E-state index contributed by atoms with van der Waals surface area (Å²) in [7, 11) is -1.91. The third kappa shape index (κ3) is 3.24. The van der Waals surface area contributed by atoms with Crippen LogP contribution in [-0.2, 0) is 0 Å². The van der Waals surface area contributed by atoms with Gasteiger partial charge in [-0.1, -0.05) is 25.7 Å². The highest BCUT2D eigenvalue weighted by Crippen LogP contribution is 2.16. The summed E-state index contributed by atoms with van der Waals surface area (Å²) in [5.41, 5.74) is 1.17. The second-order valence-electron chi connectivity index (χ2n) is 5.85. The highest BCUT2D eigenvalue weighted by Gasteiger charge is 2.29. The first-order valence-electron chi connectivity index (χ1n) is 6.82. The molecule has 1 aromatic rings. The monoisotopic (exact) mass is 281 g/mol. The van der Waals surface area contributed by atoms with Crippen molar-refractivity contribution >= 4 is 19.2 Å². The van der Waals surface area contributed by atoms with E-state index in [-0.39, 0.29) is 11.7 Å². The maximum absolute atomic E-state index is 14.5. The van der Waals surface area contributed by atoms with E-state index >= 15 is 0 Å². The lowest BCUT2D eigenvalue weighted by atomic mass is 10.1. The predicted molar refractivity (Wildman–Crippen MR) is 81.4 cm³/mol. The molecule has 0 aromatic heterocycles. The Morgan fingerprint density at radius 2 is 1.74 bits per heavy atom. The Morgan fingerprint density at radius 1 is 1.21 bits per heavy atom. The van der Waals surface area contributed by atoms with Gasteiger partial charge in [-0.3, -0.25) is 4.79 Å². The topological polar surface area (TPSA) is 20.3 Å². The Morgan fingerprint density at radius 3 is 2.16 bits per heavy atom. The maximum Gasteiger partial charge on any atom is 0.253 e. The molecule has 0 aliphatic carbocycles. The van der Waals surface area contributed by atoms with Gasteiger partial charge in [-0.25, -0.2) is 4.39 Å². The molecule has 0 heterocycles. The lowest BCUT2D eigenvalue weighted by Crippen LogP contribution is -2.46. The molecule has 106 valence electrons. The minimum atomic E-state index is -1.91. The molecular formula is C15H24FNOSi. The number of nitrogens with zero attached hydrogens (tertiary/aromatic N) is 1. The molecule has 0 atom stereocenters. The zero-order chi connectivity index (χ0) is 14.8. The van der Waals surface area contributed by atoms with Crippen molar-refractivity contribution in [3.05, 3.63) is 29.1 Å². The number of amides is 1. The van der Waals surface area contributed by atoms with E-state index in [0.29, 0.717) is 29.4 Å². The van der Waals surface area contributed by atoms with Crippen molar-refractivity contribution < 1.29 is 9.18 Å². The minimum Gasteiger partial charge on any atom is -0.339 e. The van der Waals surface area contributed by atoms with E-state index < -0.39 is 8.07 Å². The smallest absolute Gasteiger partial charge is 0.253 e. The summed E-state index contributed by atoms with van der Waals surface area (Å²) in [4.78, 5) is 14.3. The number of hydrogen-bond acceptors (Lipinski definition) is 1. The fourth-order valence-corrected chi connectivity index (χ4v) is 4.13. The van der Waals surface area contributed by atoms with E-state index in [1.54, 1.807) is 24.0 Å². The number of hydrogen-bond donors (Lipinski definition) is 0. The van der Waals surface area contributed by atoms with Crippen LogP contribution in [0, 0.1) is 12.7 Å². The van der Waals surface area contributed by atoms with Crippen LogP contribution in [0.25, 0.3) is 0 Å². The van der Waals surface area contributed by atoms with Gasteiger partial charge in [-0.15, -0.1) is 0 Å². The van der Waals surface area contributed by atoms with Crippen molar-refractivity contribution in [2.45, 2.75) is 40.4 Å². The number of carbonyl (C=O) groups is 1. The summed E-state index contributed by atoms with van der Waals surface area (Å²) in [5, 5.41) is 0.657. The van der Waals surface area contributed by atoms with Crippen LogP contribution in [0.5, 0.6) is 0 Å². The highest BCUT2D eigenvalue weighted by atomic mass is 28.3. The van der Waals surface area contributed by atoms with Crippen LogP contribution in [0.4, 0.5) is 4.39 Å². The Labute approximate surface area is 116 Å². The Hall–Kier alpha value is -1.16. The van der Waals surface area contributed by atoms with Gasteiger partial charge >= 0.3 is 0 Å². The first-order chi connectivity index (χ1) is 8.73. The molecule has 0 bridgehead atoms. The molecule has 1 amide bonds. The van der Waals surface area contributed by atoms with Gasteiger partial charge in [0.1, 0.15) is 5.82 Å². The predicted octanol–water partition coefficient (Wildman–Crippen LogP) is 3.16. The van der Waals surface area contributed by atoms with Crippen LogP contribution >= 0.6 is 0 Å². The SMILES string of the molecule is CCN(CC)C(=O)c1ccc(C)c(F)c1[Si](C)(C)C. The fourth-order valence-electron chi connectivity index (χ4n) is 2.27. The van der Waals surface area contributed by atoms with Gasteiger partial charge < -0.3 is 4.90 Å². The summed E-state index contributed by atoms with van der Waals surface area (Å²) in [6, 6.07) is 3.49. The molecule has 0 saturated carbocycles. The standard InChI is InChI=1S/C15H24FNOSi/c1-7-17(8-2)15(18)12-10-9-11(3)13(16)14(12)19(4,5)6/h9-10H,7-8H2,1-6H3. The number of rotatable bonds is 4. The van der Waals surface area contributed by atoms with Crippen LogP contribution in [0.3, 0.4) is 0 Å². The highest BCUT2D eigenvalue weighted by molar-refractivity contribution is 6.89. The third-order valence-corrected chi connectivity index (χ3v) is 5.35. The van der Waals surface area contributed by atoms with Crippen LogP contribution < -0.4 is 5.19 Å². The summed E-state index contributed by atoms with van der Waals surface area (Å²) in [5.74, 6) is -0.251. The lowest BCUT2D eigenvalue weighted by Gasteiger charge is -2.26. The molecule has 0 saturated heterocycles. The van der Waals surface area contributed by atoms with E-state index in [4.69, 9.17) is 0 Å². The average Bonchev–Trinajstić information content (AvgIpc) is 2.32. The molecule has 4 heteroatoms. The van der Waals surface area contributed by atoms with Gasteiger partial charge in [-0.2, -0.15) is 0 Å². The Kier molecular flexibility index (Phi) is 4.90. The van der Waals surface area contributed by atoms with E-state index in [9.17, 15) is 9.18 Å². The molecule has 19 heavy (non-hydrogen) atoms. The Bertz CT molecular complexity index is 476. The first-order valence-corrected chi connectivity index (χ1v) is 10.3. The number of benzene rings is 1. The Balaban J connectivity index is 3.44. The average molecular weight is 281 g/mol. The number of halogens is 1. The molecule has 0 fully saturated rings. The molecule has 2 nitrogen and oxygen atoms in total. The quantitative estimate of drug-likeness (QED) is 0.776. The van der Waals surface area contributed by atoms with Crippen LogP contribution in [0.2, 0.25) is 19.6 Å². The minimum absolute atomic E-state index is 0.0543. The van der Waals surface area contributed by atoms with Gasteiger partial charge in [-0.05, 0) is 37.6 Å². The molecule has 0 N–H and O–H groups in total. The summed E-state index contributed by atoms with van der Waals surface area (Å²) in [6.07, 6.45) is 0. The second kappa shape index (κ2) is 5.86. The fraction of sp³-hybridized carbons (Fsp3) is 0.533. The van der Waals surface area contributed by atoms with Crippen LogP contribution in [0.1, 0.15) is 29.8 Å². The van der Waals surface area contributed by atoms with E-state index in [1.165, 1.54) is 0 Å². The van der Waals surface area contributed by atoms with Crippen molar-refractivity contribution in [2.75, 3.05) is 13.1 Å². The normalized spacial score (nSPS) is 11.5. The maximum atomic E-state index is 14.5. The van der Waals surface area contributed by atoms with E-state index in [1.807, 2.05) is 13.8 Å². The van der Waals surface area contributed by atoms with Gasteiger partial charge in [0, 0.05) is 18.7 Å². The van der Waals surface area contributed by atoms with Crippen molar-refractivity contribution in [3.63, 3.8) is 0 Å². The summed E-state index contributed by atoms with van der Waals surface area (Å²) in [6.45, 7) is 13.2. The first kappa shape index (κ1) is 15.9. The molecule has 0 aliphatic rings. The number of carbonyl (C=O) groups excluding carboxylic acids is 1. The van der Waals surface area contributed by atoms with Crippen molar-refractivity contribution in [1.82, 2.24) is 4.90 Å². The van der Waals surface area contributed by atoms with Crippen molar-refractivity contribution in [3.8, 4) is 0 Å². The zero-order valence-electron chi connectivity index (χ0n) is 12.8. The molecule has 0 radical (unpaired) electrons. The van der Waals surface area contributed by atoms with Gasteiger partial charge in [0.05, 0.1) is 8.07 Å². The number of aryl methyl sites for hydroxylation is 1. The molecule has 1 rings (SSSR count). The second-order valence-corrected chi connectivity index (χ2v) is 10.8. The van der Waals surface area contributed by atoms with Crippen LogP contribution in [0.15, 0.2) is 12.1 Å². The van der Waals surface area contributed by atoms with Gasteiger partial charge in [0.15, 0.2) is 0 Å². The van der Waals surface area contributed by atoms with Crippen LogP contribution in [-0.4, -0.2) is 32.0 Å². The molecule has 0 spiro atoms. The van der Waals surface area contributed by atoms with Crippen molar-refractivity contribution in [2.24, 2.45) is 0 Å². The molecule has 0 aliphatic heterocycles. The van der Waals surface area contributed by atoms with Crippen molar-refractivity contribution in [1.29, 1.82) is 0 Å². The van der Waals surface area contributed by atoms with Gasteiger partial charge in [0.2, 0.25) is 0 Å². The summed E-state index contributed by atoms with van der Waals surface area (Å²) >= 11 is 0. The lowest BCUT2D eigenvalue weighted by molar-refractivity contribution is 0.0774. The van der Waals surface area contributed by atoms with E-state index in [2.05, 4.69) is 19.6 Å². The molecule has 1 aromatic carbocycles. The van der Waals surface area contributed by atoms with Gasteiger partial charge in [0.25, 0.3) is 5.91 Å². The summed E-state index contributed by atoms with van der Waals surface area (Å²) < 4.78 is 14.5.